The Morgan fingerprint density at radius 1 is 0.587 bits per heavy atom. The summed E-state index contributed by atoms with van der Waals surface area (Å²) in [5, 5.41) is 8.55. The minimum Gasteiger partial charge on any atom is -0.415 e. The lowest BCUT2D eigenvalue weighted by molar-refractivity contribution is -0.131. The zero-order valence-electron chi connectivity index (χ0n) is 32.6. The second-order valence-corrected chi connectivity index (χ2v) is 13.2. The molecule has 3 heterocycles. The Labute approximate surface area is 354 Å². The van der Waals surface area contributed by atoms with Crippen molar-refractivity contribution in [3.8, 4) is 11.5 Å². The molecular formula is C45H33F6N7O5. The minimum atomic E-state index is -3.25. The molecule has 0 saturated carbocycles. The molecule has 0 unspecified atom stereocenters. The molecule has 1 N–H and O–H groups in total. The van der Waals surface area contributed by atoms with Crippen LogP contribution in [0.25, 0.3) is 11.5 Å². The van der Waals surface area contributed by atoms with E-state index in [1.54, 1.807) is 84.2 Å². The summed E-state index contributed by atoms with van der Waals surface area (Å²) in [6.45, 7) is -0.852. The molecule has 0 radical (unpaired) electrons. The summed E-state index contributed by atoms with van der Waals surface area (Å²) in [5.74, 6) is -5.44. The zero-order valence-corrected chi connectivity index (χ0v) is 32.6. The minimum absolute atomic E-state index is 0.0522. The van der Waals surface area contributed by atoms with Crippen LogP contribution < -0.4 is 15.1 Å². The number of ketones is 1. The molecule has 0 bridgehead atoms. The summed E-state index contributed by atoms with van der Waals surface area (Å²) in [7, 11) is 0. The maximum Gasteiger partial charge on any atom is 0.315 e. The molecule has 0 spiro atoms. The van der Waals surface area contributed by atoms with Crippen molar-refractivity contribution in [1.29, 1.82) is 0 Å². The van der Waals surface area contributed by atoms with Crippen molar-refractivity contribution in [3.63, 3.8) is 0 Å². The van der Waals surface area contributed by atoms with Crippen LogP contribution in [0.2, 0.25) is 0 Å². The van der Waals surface area contributed by atoms with E-state index in [0.717, 1.165) is 12.1 Å². The second-order valence-electron chi connectivity index (χ2n) is 13.2. The third-order valence-electron chi connectivity index (χ3n) is 9.06. The van der Waals surface area contributed by atoms with Crippen LogP contribution in [0.1, 0.15) is 54.5 Å². The van der Waals surface area contributed by atoms with Gasteiger partial charge < -0.3 is 19.5 Å². The highest BCUT2D eigenvalue weighted by Gasteiger charge is 2.23. The van der Waals surface area contributed by atoms with Crippen LogP contribution in [-0.4, -0.2) is 56.6 Å². The van der Waals surface area contributed by atoms with Gasteiger partial charge in [-0.3, -0.25) is 29.1 Å². The predicted octanol–water partition coefficient (Wildman–Crippen LogP) is 8.69. The highest BCUT2D eigenvalue weighted by Crippen LogP contribution is 2.27. The number of pyridine rings is 2. The van der Waals surface area contributed by atoms with Crippen LogP contribution in [0, 0.1) is 11.6 Å². The van der Waals surface area contributed by atoms with Crippen LogP contribution >= 0.6 is 0 Å². The third-order valence-corrected chi connectivity index (χ3v) is 9.06. The average molecular weight is 866 g/mol. The smallest absolute Gasteiger partial charge is 0.315 e. The Kier molecular flexibility index (Phi) is 14.8. The van der Waals surface area contributed by atoms with Crippen molar-refractivity contribution in [2.45, 2.75) is 25.9 Å². The van der Waals surface area contributed by atoms with Crippen molar-refractivity contribution in [3.05, 3.63) is 191 Å². The Balaban J connectivity index is 0.000000210. The Bertz CT molecular complexity index is 2660. The molecule has 0 aliphatic heterocycles. The van der Waals surface area contributed by atoms with E-state index in [9.17, 15) is 45.5 Å². The number of benzene rings is 4. The van der Waals surface area contributed by atoms with E-state index in [1.807, 2.05) is 6.07 Å². The maximum absolute atomic E-state index is 14.9. The normalized spacial score (nSPS) is 10.8. The molecule has 7 aromatic rings. The molecule has 0 atom stereocenters. The summed E-state index contributed by atoms with van der Waals surface area (Å²) >= 11 is 0. The molecule has 3 amide bonds. The van der Waals surface area contributed by atoms with Crippen molar-refractivity contribution in [1.82, 2.24) is 25.5 Å². The molecule has 18 heteroatoms. The quantitative estimate of drug-likeness (QED) is 0.0837. The van der Waals surface area contributed by atoms with E-state index in [1.165, 1.54) is 58.9 Å². The largest absolute Gasteiger partial charge is 0.415 e. The number of alkyl halides is 4. The fourth-order valence-electron chi connectivity index (χ4n) is 5.86. The van der Waals surface area contributed by atoms with Gasteiger partial charge in [-0.2, -0.15) is 17.6 Å². The second kappa shape index (κ2) is 21.0. The molecule has 4 aromatic carbocycles. The van der Waals surface area contributed by atoms with Gasteiger partial charge in [0.1, 0.15) is 11.6 Å². The van der Waals surface area contributed by atoms with Crippen molar-refractivity contribution < 1.29 is 49.9 Å². The number of hydrogen-bond donors (Lipinski definition) is 1. The van der Waals surface area contributed by atoms with Crippen LogP contribution in [0.3, 0.4) is 0 Å². The first kappa shape index (κ1) is 44.5. The van der Waals surface area contributed by atoms with Gasteiger partial charge in [0.05, 0.1) is 19.6 Å². The number of rotatable bonds is 14. The van der Waals surface area contributed by atoms with Crippen molar-refractivity contribution in [2.24, 2.45) is 0 Å². The molecule has 63 heavy (non-hydrogen) atoms. The Morgan fingerprint density at radius 2 is 1.08 bits per heavy atom. The van der Waals surface area contributed by atoms with Crippen LogP contribution in [0.15, 0.2) is 151 Å². The van der Waals surface area contributed by atoms with E-state index < -0.39 is 48.6 Å². The molecule has 0 saturated heterocycles. The number of hydrogen-bond acceptors (Lipinski definition) is 9. The van der Waals surface area contributed by atoms with Gasteiger partial charge in [-0.05, 0) is 66.7 Å². The molecule has 0 aliphatic carbocycles. The number of anilines is 2. The number of carbonyl (C=O) groups is 4. The highest BCUT2D eigenvalue weighted by molar-refractivity contribution is 6.06. The topological polar surface area (TPSA) is 151 Å². The highest BCUT2D eigenvalue weighted by atomic mass is 19.3. The zero-order chi connectivity index (χ0) is 44.9. The number of aromatic nitrogens is 4. The van der Waals surface area contributed by atoms with Gasteiger partial charge in [0.2, 0.25) is 5.89 Å². The van der Waals surface area contributed by atoms with Gasteiger partial charge in [-0.15, -0.1) is 10.2 Å². The van der Waals surface area contributed by atoms with E-state index in [4.69, 9.17) is 4.42 Å². The van der Waals surface area contributed by atoms with E-state index >= 15 is 0 Å². The number of amides is 3. The van der Waals surface area contributed by atoms with Crippen LogP contribution in [0.4, 0.5) is 37.7 Å². The number of nitrogens with zero attached hydrogens (tertiary/aromatic N) is 6. The molecule has 3 aromatic heterocycles. The van der Waals surface area contributed by atoms with Gasteiger partial charge in [0.25, 0.3) is 23.6 Å². The standard InChI is InChI=1S/C23H18F3N3O3.C22H15F3N4O2/c24-19-12-16(20(30)13-28-22(31)21(25)26)6-7-17(19)14-29(18-4-2-1-3-5-18)23(32)15-8-10-27-11-9-15;23-18-12-15(20-27-28-21(31-20)19(24)25)6-7-16(18)13-29(17-4-2-1-3-5-17)22(30)14-8-10-26-11-9-14/h1-12,21H,13-14H2,(H,28,31);1-12,19H,13H2. The van der Waals surface area contributed by atoms with E-state index in [0.29, 0.717) is 22.5 Å². The lowest BCUT2D eigenvalue weighted by Crippen LogP contribution is -2.34. The predicted molar refractivity (Wildman–Crippen MR) is 217 cm³/mol. The maximum atomic E-state index is 14.9. The summed E-state index contributed by atoms with van der Waals surface area (Å²) in [6, 6.07) is 31.4. The van der Waals surface area contributed by atoms with E-state index in [-0.39, 0.29) is 53.0 Å². The van der Waals surface area contributed by atoms with Crippen molar-refractivity contribution in [2.75, 3.05) is 16.3 Å². The van der Waals surface area contributed by atoms with Gasteiger partial charge in [-0.25, -0.2) is 8.78 Å². The monoisotopic (exact) mass is 865 g/mol. The van der Waals surface area contributed by atoms with Gasteiger partial charge in [-0.1, -0.05) is 54.6 Å². The summed E-state index contributed by atoms with van der Waals surface area (Å²) in [6.07, 6.45) is -0.199. The van der Waals surface area contributed by atoms with Gasteiger partial charge in [0, 0.05) is 69.5 Å². The summed E-state index contributed by atoms with van der Waals surface area (Å²) in [5.41, 5.74) is 2.34. The first-order chi connectivity index (χ1) is 30.4. The first-order valence-electron chi connectivity index (χ1n) is 18.7. The third kappa shape index (κ3) is 11.6. The Hall–Kier alpha value is -8.02. The Morgan fingerprint density at radius 3 is 1.52 bits per heavy atom. The molecule has 12 nitrogen and oxygen atoms in total. The molecular weight excluding hydrogens is 833 g/mol. The number of halogens is 6. The van der Waals surface area contributed by atoms with E-state index in [2.05, 4.69) is 20.2 Å². The molecule has 320 valence electrons. The SMILES string of the molecule is O=C(CNC(=O)C(F)F)c1ccc(CN(C(=O)c2ccncc2)c2ccccc2)c(F)c1.O=C(c1ccncc1)N(Cc1ccc(-c2nnc(C(F)F)o2)cc1F)c1ccccc1. The molecule has 0 aliphatic rings. The first-order valence-corrected chi connectivity index (χ1v) is 18.7. The number of Topliss-reactive ketones (excluding diaryl/α,β-unsaturated/α-hetero) is 1. The van der Waals surface area contributed by atoms with Gasteiger partial charge >= 0.3 is 12.9 Å². The van der Waals surface area contributed by atoms with Gasteiger partial charge in [0.15, 0.2) is 5.78 Å². The number of carbonyl (C=O) groups excluding carboxylic acids is 4. The fraction of sp³-hybridized carbons (Fsp3) is 0.111. The van der Waals surface area contributed by atoms with Crippen LogP contribution in [-0.2, 0) is 17.9 Å². The lowest BCUT2D eigenvalue weighted by atomic mass is 10.1. The molecule has 0 fully saturated rings. The molecule has 7 rings (SSSR count). The summed E-state index contributed by atoms with van der Waals surface area (Å²) in [4.78, 5) is 59.8. The fourth-order valence-corrected chi connectivity index (χ4v) is 5.86. The number of para-hydroxylation sites is 2. The number of nitrogens with one attached hydrogen (secondary N) is 1. The lowest BCUT2D eigenvalue weighted by Gasteiger charge is -2.23. The van der Waals surface area contributed by atoms with Crippen LogP contribution in [0.5, 0.6) is 0 Å². The van der Waals surface area contributed by atoms with Crippen molar-refractivity contribution >= 4 is 34.9 Å². The summed E-state index contributed by atoms with van der Waals surface area (Å²) < 4.78 is 84.2. The average Bonchev–Trinajstić information content (AvgIpc) is 3.82.